The van der Waals surface area contributed by atoms with E-state index in [9.17, 15) is 5.11 Å². The van der Waals surface area contributed by atoms with Crippen LogP contribution in [-0.2, 0) is 11.3 Å². The van der Waals surface area contributed by atoms with E-state index in [0.717, 1.165) is 17.9 Å². The van der Waals surface area contributed by atoms with E-state index in [4.69, 9.17) is 14.0 Å². The van der Waals surface area contributed by atoms with Crippen LogP contribution >= 0.6 is 0 Å². The monoisotopic (exact) mass is 365 g/mol. The molecule has 2 atom stereocenters. The lowest BCUT2D eigenvalue weighted by Crippen LogP contribution is -2.07. The number of aromatic nitrogens is 3. The highest BCUT2D eigenvalue weighted by Crippen LogP contribution is 2.16. The summed E-state index contributed by atoms with van der Waals surface area (Å²) in [5.74, 6) is 7.87. The highest BCUT2D eigenvalue weighted by Gasteiger charge is 2.22. The molecular weight excluding hydrogens is 346 g/mol. The summed E-state index contributed by atoms with van der Waals surface area (Å²) >= 11 is 0. The second-order valence-corrected chi connectivity index (χ2v) is 6.31. The molecule has 1 N–H and O–H groups in total. The van der Waals surface area contributed by atoms with Gasteiger partial charge in [0.1, 0.15) is 36.1 Å². The summed E-state index contributed by atoms with van der Waals surface area (Å²) in [6.45, 7) is 3.50. The quantitative estimate of drug-likeness (QED) is 0.532. The lowest BCUT2D eigenvalue weighted by molar-refractivity contribution is 0.184. The molecule has 3 heterocycles. The Morgan fingerprint density at radius 2 is 2.15 bits per heavy atom. The summed E-state index contributed by atoms with van der Waals surface area (Å²) in [6, 6.07) is 9.34. The molecule has 0 spiro atoms. The van der Waals surface area contributed by atoms with E-state index in [1.165, 1.54) is 0 Å². The fourth-order valence-electron chi connectivity index (χ4n) is 2.56. The average molecular weight is 365 g/mol. The number of ether oxygens (including phenoxy) is 2. The first kappa shape index (κ1) is 17.3. The fourth-order valence-corrected chi connectivity index (χ4v) is 2.56. The van der Waals surface area contributed by atoms with Crippen LogP contribution in [0.2, 0.25) is 0 Å². The Labute approximate surface area is 156 Å². The second kappa shape index (κ2) is 7.66. The molecule has 0 bridgehead atoms. The molecule has 2 aromatic heterocycles. The summed E-state index contributed by atoms with van der Waals surface area (Å²) in [5.41, 5.74) is 1.57. The largest absolute Gasteiger partial charge is 0.491 e. The van der Waals surface area contributed by atoms with E-state index in [-0.39, 0.29) is 6.10 Å². The number of nitrogens with zero attached hydrogens (tertiary/aromatic N) is 3. The Morgan fingerprint density at radius 3 is 2.89 bits per heavy atom. The molecule has 0 saturated carbocycles. The van der Waals surface area contributed by atoms with Gasteiger partial charge in [0.15, 0.2) is 0 Å². The Bertz CT molecular complexity index is 959. The molecule has 1 fully saturated rings. The van der Waals surface area contributed by atoms with Crippen LogP contribution in [0.15, 0.2) is 47.2 Å². The minimum atomic E-state index is -0.644. The van der Waals surface area contributed by atoms with E-state index < -0.39 is 6.10 Å². The highest BCUT2D eigenvalue weighted by atomic mass is 16.6. The molecule has 27 heavy (non-hydrogen) atoms. The number of imidazole rings is 1. The van der Waals surface area contributed by atoms with Crippen LogP contribution in [0.3, 0.4) is 0 Å². The zero-order valence-electron chi connectivity index (χ0n) is 14.8. The van der Waals surface area contributed by atoms with Crippen molar-refractivity contribution < 1.29 is 19.1 Å². The van der Waals surface area contributed by atoms with Gasteiger partial charge in [-0.2, -0.15) is 0 Å². The highest BCUT2D eigenvalue weighted by molar-refractivity contribution is 5.41. The normalized spacial score (nSPS) is 16.4. The molecule has 0 aliphatic carbocycles. The van der Waals surface area contributed by atoms with Crippen molar-refractivity contribution in [1.82, 2.24) is 14.7 Å². The predicted octanol–water partition coefficient (Wildman–Crippen LogP) is 2.15. The summed E-state index contributed by atoms with van der Waals surface area (Å²) in [7, 11) is 0. The number of aliphatic hydroxyl groups excluding tert-OH is 1. The van der Waals surface area contributed by atoms with Gasteiger partial charge in [-0.3, -0.25) is 0 Å². The van der Waals surface area contributed by atoms with E-state index in [2.05, 4.69) is 22.0 Å². The molecule has 3 aromatic rings. The second-order valence-electron chi connectivity index (χ2n) is 6.31. The van der Waals surface area contributed by atoms with Crippen LogP contribution in [0.4, 0.5) is 0 Å². The molecule has 4 rings (SSSR count). The topological polar surface area (TPSA) is 85.8 Å². The first-order chi connectivity index (χ1) is 13.2. The number of benzene rings is 1. The third-order valence-electron chi connectivity index (χ3n) is 4.04. The summed E-state index contributed by atoms with van der Waals surface area (Å²) < 4.78 is 17.8. The minimum Gasteiger partial charge on any atom is -0.491 e. The van der Waals surface area contributed by atoms with Crippen LogP contribution in [0.1, 0.15) is 35.9 Å². The van der Waals surface area contributed by atoms with E-state index >= 15 is 0 Å². The molecule has 1 aromatic carbocycles. The molecule has 0 unspecified atom stereocenters. The molecular formula is C20H19N3O4. The first-order valence-corrected chi connectivity index (χ1v) is 8.68. The van der Waals surface area contributed by atoms with Gasteiger partial charge in [0.2, 0.25) is 5.76 Å². The smallest absolute Gasteiger partial charge is 0.210 e. The Balaban J connectivity index is 1.38. The number of rotatable bonds is 6. The SMILES string of the molecule is C[C@H](O)c1nccn1Cc1cc(C#Cc2ccc(OC[C@@H]3CO3)cc2)on1. The van der Waals surface area contributed by atoms with Crippen LogP contribution in [0.25, 0.3) is 0 Å². The lowest BCUT2D eigenvalue weighted by Gasteiger charge is -2.07. The number of aliphatic hydroxyl groups is 1. The Morgan fingerprint density at radius 1 is 1.33 bits per heavy atom. The molecule has 7 nitrogen and oxygen atoms in total. The summed E-state index contributed by atoms with van der Waals surface area (Å²) in [5, 5.41) is 13.7. The van der Waals surface area contributed by atoms with Crippen molar-refractivity contribution in [1.29, 1.82) is 0 Å². The third kappa shape index (κ3) is 4.56. The van der Waals surface area contributed by atoms with Gasteiger partial charge in [-0.05, 0) is 37.1 Å². The van der Waals surface area contributed by atoms with Gasteiger partial charge in [-0.25, -0.2) is 4.98 Å². The predicted molar refractivity (Wildman–Crippen MR) is 96.1 cm³/mol. The van der Waals surface area contributed by atoms with E-state index in [1.807, 2.05) is 28.8 Å². The Hall–Kier alpha value is -3.08. The molecule has 7 heteroatoms. The summed E-state index contributed by atoms with van der Waals surface area (Å²) in [6.07, 6.45) is 3.04. The van der Waals surface area contributed by atoms with Gasteiger partial charge >= 0.3 is 0 Å². The molecule has 1 saturated heterocycles. The maximum absolute atomic E-state index is 9.71. The molecule has 1 aliphatic rings. The number of epoxide rings is 1. The molecule has 0 radical (unpaired) electrons. The third-order valence-corrected chi connectivity index (χ3v) is 4.04. The number of hydrogen-bond acceptors (Lipinski definition) is 6. The summed E-state index contributed by atoms with van der Waals surface area (Å²) in [4.78, 5) is 4.14. The molecule has 0 amide bonds. The van der Waals surface area contributed by atoms with Crippen molar-refractivity contribution in [2.24, 2.45) is 0 Å². The molecule has 138 valence electrons. The van der Waals surface area contributed by atoms with Gasteiger partial charge in [0, 0.05) is 24.0 Å². The van der Waals surface area contributed by atoms with Gasteiger partial charge in [-0.15, -0.1) is 0 Å². The lowest BCUT2D eigenvalue weighted by atomic mass is 10.2. The van der Waals surface area contributed by atoms with Crippen LogP contribution in [0, 0.1) is 11.8 Å². The van der Waals surface area contributed by atoms with Crippen molar-refractivity contribution in [2.45, 2.75) is 25.7 Å². The van der Waals surface area contributed by atoms with Gasteiger partial charge < -0.3 is 23.7 Å². The maximum atomic E-state index is 9.71. The van der Waals surface area contributed by atoms with Gasteiger partial charge in [0.05, 0.1) is 13.2 Å². The zero-order chi connectivity index (χ0) is 18.6. The van der Waals surface area contributed by atoms with E-state index in [0.29, 0.717) is 30.4 Å². The minimum absolute atomic E-state index is 0.240. The fraction of sp³-hybridized carbons (Fsp3) is 0.300. The van der Waals surface area contributed by atoms with Crippen LogP contribution in [-0.4, -0.2) is 39.1 Å². The van der Waals surface area contributed by atoms with Crippen LogP contribution in [0.5, 0.6) is 5.75 Å². The van der Waals surface area contributed by atoms with Gasteiger partial charge in [0.25, 0.3) is 0 Å². The zero-order valence-corrected chi connectivity index (χ0v) is 14.8. The van der Waals surface area contributed by atoms with Gasteiger partial charge in [-0.1, -0.05) is 11.1 Å². The van der Waals surface area contributed by atoms with E-state index in [1.54, 1.807) is 25.4 Å². The average Bonchev–Trinajstić information content (AvgIpc) is 3.19. The van der Waals surface area contributed by atoms with Crippen molar-refractivity contribution in [3.63, 3.8) is 0 Å². The van der Waals surface area contributed by atoms with Crippen molar-refractivity contribution in [3.8, 4) is 17.6 Å². The van der Waals surface area contributed by atoms with Crippen LogP contribution < -0.4 is 4.74 Å². The standard InChI is InChI=1S/C20H19N3O4/c1-14(24)20-21-8-9-23(20)11-16-10-18(27-22-16)7-4-15-2-5-17(6-3-15)25-12-19-13-26-19/h2-3,5-6,8-10,14,19,24H,11-13H2,1H3/t14-,19+/m0/s1. The molecule has 1 aliphatic heterocycles. The van der Waals surface area contributed by atoms with Crippen molar-refractivity contribution in [3.05, 3.63) is 65.6 Å². The first-order valence-electron chi connectivity index (χ1n) is 8.68. The van der Waals surface area contributed by atoms with Crippen molar-refractivity contribution in [2.75, 3.05) is 13.2 Å². The van der Waals surface area contributed by atoms with Crippen molar-refractivity contribution >= 4 is 0 Å². The number of hydrogen-bond donors (Lipinski definition) is 1. The Kier molecular flexibility index (Phi) is 4.92. The maximum Gasteiger partial charge on any atom is 0.210 e.